The maximum Gasteiger partial charge on any atom is 0.407 e. The van der Waals surface area contributed by atoms with Gasteiger partial charge in [0.15, 0.2) is 0 Å². The zero-order chi connectivity index (χ0) is 22.1. The lowest BCUT2D eigenvalue weighted by molar-refractivity contribution is -0.140. The van der Waals surface area contributed by atoms with Crippen LogP contribution in [0.15, 0.2) is 0 Å². The van der Waals surface area contributed by atoms with Gasteiger partial charge in [0.1, 0.15) is 5.60 Å². The van der Waals surface area contributed by atoms with Crippen molar-refractivity contribution in [1.29, 1.82) is 0 Å². The number of hydrogen-bond acceptors (Lipinski definition) is 5. The van der Waals surface area contributed by atoms with Gasteiger partial charge >= 0.3 is 6.09 Å². The molecule has 30 heavy (non-hydrogen) atoms. The molecule has 0 radical (unpaired) electrons. The fourth-order valence-electron chi connectivity index (χ4n) is 3.93. The Morgan fingerprint density at radius 3 is 2.33 bits per heavy atom. The number of nitrogens with zero attached hydrogens (tertiary/aromatic N) is 2. The van der Waals surface area contributed by atoms with Crippen LogP contribution >= 0.6 is 0 Å². The van der Waals surface area contributed by atoms with Crippen molar-refractivity contribution in [3.05, 3.63) is 0 Å². The quantitative estimate of drug-likeness (QED) is 0.498. The van der Waals surface area contributed by atoms with Crippen molar-refractivity contribution in [2.75, 3.05) is 45.8 Å². The number of ether oxygens (including phenoxy) is 1. The summed E-state index contributed by atoms with van der Waals surface area (Å²) < 4.78 is 5.16. The summed E-state index contributed by atoms with van der Waals surface area (Å²) in [6.45, 7) is 9.54. The summed E-state index contributed by atoms with van der Waals surface area (Å²) >= 11 is 0. The molecule has 2 fully saturated rings. The molecule has 2 aliphatic rings. The zero-order valence-corrected chi connectivity index (χ0v) is 18.5. The number of nitrogens with one attached hydrogen (secondary N) is 2. The van der Waals surface area contributed by atoms with Gasteiger partial charge in [-0.05, 0) is 59.5 Å². The molecule has 0 aromatic heterocycles. The molecule has 0 aliphatic carbocycles. The van der Waals surface area contributed by atoms with Crippen LogP contribution in [0.4, 0.5) is 4.79 Å². The van der Waals surface area contributed by atoms with Gasteiger partial charge in [0.25, 0.3) is 0 Å². The maximum absolute atomic E-state index is 12.9. The average Bonchev–Trinajstić information content (AvgIpc) is 2.70. The maximum atomic E-state index is 12.9. The fraction of sp³-hybridized carbons (Fsp3) is 0.773. The average molecular weight is 421 g/mol. The van der Waals surface area contributed by atoms with E-state index in [2.05, 4.69) is 21.5 Å². The van der Waals surface area contributed by atoms with E-state index in [0.717, 1.165) is 38.8 Å². The molecule has 2 heterocycles. The molecule has 2 N–H and O–H groups in total. The topological polar surface area (TPSA) is 91.0 Å². The summed E-state index contributed by atoms with van der Waals surface area (Å²) in [5.74, 6) is 2.58. The molecule has 2 aliphatic heterocycles. The van der Waals surface area contributed by atoms with Gasteiger partial charge < -0.3 is 20.3 Å². The van der Waals surface area contributed by atoms with E-state index >= 15 is 0 Å². The third kappa shape index (κ3) is 7.86. The Morgan fingerprint density at radius 2 is 1.70 bits per heavy atom. The first kappa shape index (κ1) is 24.0. The number of rotatable bonds is 6. The van der Waals surface area contributed by atoms with Crippen LogP contribution in [0.5, 0.6) is 0 Å². The SMILES string of the molecule is C#CCN1CCC(C(=O)N2CCCC(C(=O)NCCNC(=O)OC(C)(C)C)C2)CC1. The van der Waals surface area contributed by atoms with E-state index in [9.17, 15) is 14.4 Å². The smallest absolute Gasteiger partial charge is 0.407 e. The Balaban J connectivity index is 1.71. The molecule has 0 spiro atoms. The van der Waals surface area contributed by atoms with Crippen LogP contribution < -0.4 is 10.6 Å². The molecule has 0 aromatic carbocycles. The Kier molecular flexibility index (Phi) is 8.97. The molecule has 8 heteroatoms. The molecular formula is C22H36N4O4. The predicted octanol–water partition coefficient (Wildman–Crippen LogP) is 1.21. The van der Waals surface area contributed by atoms with E-state index in [1.54, 1.807) is 20.8 Å². The Hall–Kier alpha value is -2.27. The highest BCUT2D eigenvalue weighted by atomic mass is 16.6. The van der Waals surface area contributed by atoms with E-state index in [0.29, 0.717) is 32.7 Å². The first-order valence-corrected chi connectivity index (χ1v) is 10.9. The van der Waals surface area contributed by atoms with E-state index < -0.39 is 11.7 Å². The van der Waals surface area contributed by atoms with Crippen molar-refractivity contribution in [2.45, 2.75) is 52.1 Å². The number of likely N-dealkylation sites (tertiary alicyclic amines) is 2. The first-order chi connectivity index (χ1) is 14.2. The summed E-state index contributed by atoms with van der Waals surface area (Å²) in [6, 6.07) is 0. The summed E-state index contributed by atoms with van der Waals surface area (Å²) in [5.41, 5.74) is -0.552. The highest BCUT2D eigenvalue weighted by Gasteiger charge is 2.33. The molecule has 0 aromatic rings. The minimum atomic E-state index is -0.552. The number of hydrogen-bond donors (Lipinski definition) is 2. The van der Waals surface area contributed by atoms with Gasteiger partial charge in [-0.25, -0.2) is 4.79 Å². The molecule has 0 saturated carbocycles. The predicted molar refractivity (Wildman–Crippen MR) is 115 cm³/mol. The minimum Gasteiger partial charge on any atom is -0.444 e. The monoisotopic (exact) mass is 420 g/mol. The van der Waals surface area contributed by atoms with Crippen molar-refractivity contribution in [2.24, 2.45) is 11.8 Å². The van der Waals surface area contributed by atoms with Crippen molar-refractivity contribution < 1.29 is 19.1 Å². The molecule has 1 unspecified atom stereocenters. The van der Waals surface area contributed by atoms with E-state index in [1.165, 1.54) is 0 Å². The summed E-state index contributed by atoms with van der Waals surface area (Å²) in [7, 11) is 0. The highest BCUT2D eigenvalue weighted by molar-refractivity contribution is 5.82. The molecule has 168 valence electrons. The van der Waals surface area contributed by atoms with Crippen molar-refractivity contribution >= 4 is 17.9 Å². The van der Waals surface area contributed by atoms with Crippen LogP contribution in [-0.2, 0) is 14.3 Å². The normalized spacial score (nSPS) is 20.9. The molecule has 1 atom stereocenters. The number of carbonyl (C=O) groups is 3. The lowest BCUT2D eigenvalue weighted by atomic mass is 9.92. The molecule has 0 bridgehead atoms. The van der Waals surface area contributed by atoms with Crippen LogP contribution in [-0.4, -0.2) is 79.1 Å². The first-order valence-electron chi connectivity index (χ1n) is 10.9. The second-order valence-corrected chi connectivity index (χ2v) is 9.10. The van der Waals surface area contributed by atoms with Crippen molar-refractivity contribution in [3.8, 4) is 12.3 Å². The van der Waals surface area contributed by atoms with E-state index in [4.69, 9.17) is 11.2 Å². The summed E-state index contributed by atoms with van der Waals surface area (Å²) in [4.78, 5) is 41.1. The highest BCUT2D eigenvalue weighted by Crippen LogP contribution is 2.23. The molecule has 2 rings (SSSR count). The number of piperidine rings is 2. The van der Waals surface area contributed by atoms with Crippen LogP contribution in [0.25, 0.3) is 0 Å². The van der Waals surface area contributed by atoms with Crippen LogP contribution in [0.1, 0.15) is 46.5 Å². The zero-order valence-electron chi connectivity index (χ0n) is 18.5. The van der Waals surface area contributed by atoms with Gasteiger partial charge in [-0.3, -0.25) is 14.5 Å². The molecule has 2 saturated heterocycles. The standard InChI is InChI=1S/C22H36N4O4/c1-5-12-25-14-8-17(9-15-25)20(28)26-13-6-7-18(16-26)19(27)23-10-11-24-21(29)30-22(2,3)4/h1,17-18H,6-16H2,2-4H3,(H,23,27)(H,24,29). The third-order valence-corrected chi connectivity index (χ3v) is 5.45. The number of carbonyl (C=O) groups excluding carboxylic acids is 3. The lowest BCUT2D eigenvalue weighted by Gasteiger charge is -2.37. The Labute approximate surface area is 180 Å². The van der Waals surface area contributed by atoms with Crippen LogP contribution in [0, 0.1) is 24.2 Å². The molecular weight excluding hydrogens is 384 g/mol. The van der Waals surface area contributed by atoms with Gasteiger partial charge in [0.05, 0.1) is 12.5 Å². The van der Waals surface area contributed by atoms with E-state index in [1.807, 2.05) is 4.90 Å². The Bertz CT molecular complexity index is 645. The largest absolute Gasteiger partial charge is 0.444 e. The van der Waals surface area contributed by atoms with E-state index in [-0.39, 0.29) is 23.7 Å². The van der Waals surface area contributed by atoms with Gasteiger partial charge in [-0.15, -0.1) is 6.42 Å². The second-order valence-electron chi connectivity index (χ2n) is 9.10. The summed E-state index contributed by atoms with van der Waals surface area (Å²) in [6.07, 6.45) is 8.11. The van der Waals surface area contributed by atoms with Crippen LogP contribution in [0.3, 0.4) is 0 Å². The lowest BCUT2D eigenvalue weighted by Crippen LogP contribution is -2.49. The van der Waals surface area contributed by atoms with Gasteiger partial charge in [0, 0.05) is 32.1 Å². The third-order valence-electron chi connectivity index (χ3n) is 5.45. The molecule has 8 nitrogen and oxygen atoms in total. The van der Waals surface area contributed by atoms with Crippen molar-refractivity contribution in [3.63, 3.8) is 0 Å². The van der Waals surface area contributed by atoms with Gasteiger partial charge in [-0.1, -0.05) is 5.92 Å². The van der Waals surface area contributed by atoms with Gasteiger partial charge in [-0.2, -0.15) is 0 Å². The minimum absolute atomic E-state index is 0.0267. The number of amides is 3. The van der Waals surface area contributed by atoms with Gasteiger partial charge in [0.2, 0.25) is 11.8 Å². The summed E-state index contributed by atoms with van der Waals surface area (Å²) in [5, 5.41) is 5.48. The van der Waals surface area contributed by atoms with Crippen molar-refractivity contribution in [1.82, 2.24) is 20.4 Å². The second kappa shape index (κ2) is 11.2. The molecule has 3 amide bonds. The number of terminal acetylenes is 1. The fourth-order valence-corrected chi connectivity index (χ4v) is 3.93. The van der Waals surface area contributed by atoms with Crippen LogP contribution in [0.2, 0.25) is 0 Å². The Morgan fingerprint density at radius 1 is 1.03 bits per heavy atom. The number of alkyl carbamates (subject to hydrolysis) is 1.